The summed E-state index contributed by atoms with van der Waals surface area (Å²) in [5.41, 5.74) is 1.37. The third kappa shape index (κ3) is 2.98. The molecule has 6 heteroatoms. The second-order valence-corrected chi connectivity index (χ2v) is 5.52. The molecule has 1 N–H and O–H groups in total. The summed E-state index contributed by atoms with van der Waals surface area (Å²) in [6.07, 6.45) is 0.488. The van der Waals surface area contributed by atoms with Crippen molar-refractivity contribution in [1.29, 1.82) is 0 Å². The van der Waals surface area contributed by atoms with Crippen molar-refractivity contribution in [3.05, 3.63) is 24.3 Å². The largest absolute Gasteiger partial charge is 0.373 e. The van der Waals surface area contributed by atoms with Gasteiger partial charge >= 0.3 is 0 Å². The number of para-hydroxylation sites is 2. The minimum Gasteiger partial charge on any atom is -0.373 e. The Hall–Kier alpha value is -1.92. The number of amides is 2. The molecule has 2 saturated heterocycles. The average molecular weight is 304 g/mol. The van der Waals surface area contributed by atoms with Gasteiger partial charge in [0.15, 0.2) is 6.10 Å². The van der Waals surface area contributed by atoms with Gasteiger partial charge in [0.25, 0.3) is 5.91 Å². The van der Waals surface area contributed by atoms with Crippen LogP contribution >= 0.6 is 0 Å². The lowest BCUT2D eigenvalue weighted by Gasteiger charge is -2.29. The molecular weight excluding hydrogens is 284 g/mol. The van der Waals surface area contributed by atoms with Crippen LogP contribution in [-0.4, -0.2) is 43.8 Å². The molecule has 22 heavy (non-hydrogen) atoms. The van der Waals surface area contributed by atoms with Crippen molar-refractivity contribution >= 4 is 23.2 Å². The summed E-state index contributed by atoms with van der Waals surface area (Å²) in [5, 5.41) is 2.87. The zero-order valence-corrected chi connectivity index (χ0v) is 12.6. The molecular formula is C16H20N2O4. The number of carbonyl (C=O) groups is 2. The lowest BCUT2D eigenvalue weighted by Crippen LogP contribution is -2.45. The topological polar surface area (TPSA) is 67.9 Å². The molecule has 0 unspecified atom stereocenters. The summed E-state index contributed by atoms with van der Waals surface area (Å²) in [6.45, 7) is 3.42. The highest BCUT2D eigenvalue weighted by atomic mass is 16.6. The van der Waals surface area contributed by atoms with Crippen LogP contribution in [0.4, 0.5) is 11.4 Å². The van der Waals surface area contributed by atoms with E-state index in [0.29, 0.717) is 31.9 Å². The number of nitrogens with zero attached hydrogens (tertiary/aromatic N) is 1. The SMILES string of the molecule is C[C@@H]1OCCO[C@@H]1C(=O)Nc1ccccc1N1CCCC1=O. The van der Waals surface area contributed by atoms with E-state index in [1.54, 1.807) is 11.0 Å². The van der Waals surface area contributed by atoms with Crippen molar-refractivity contribution in [1.82, 2.24) is 0 Å². The van der Waals surface area contributed by atoms with Crippen LogP contribution in [0.25, 0.3) is 0 Å². The number of hydrogen-bond acceptors (Lipinski definition) is 4. The molecule has 2 fully saturated rings. The number of anilines is 2. The smallest absolute Gasteiger partial charge is 0.256 e. The summed E-state index contributed by atoms with van der Waals surface area (Å²) in [6, 6.07) is 7.34. The molecule has 2 atom stereocenters. The molecule has 1 aromatic rings. The molecule has 2 heterocycles. The summed E-state index contributed by atoms with van der Waals surface area (Å²) < 4.78 is 10.9. The first kappa shape index (κ1) is 15.0. The van der Waals surface area contributed by atoms with E-state index in [4.69, 9.17) is 9.47 Å². The van der Waals surface area contributed by atoms with Crippen molar-refractivity contribution in [2.24, 2.45) is 0 Å². The third-order valence-corrected chi connectivity index (χ3v) is 3.97. The number of benzene rings is 1. The minimum atomic E-state index is -0.629. The van der Waals surface area contributed by atoms with Gasteiger partial charge in [-0.05, 0) is 25.5 Å². The normalized spacial score (nSPS) is 25.3. The summed E-state index contributed by atoms with van der Waals surface area (Å²) >= 11 is 0. The van der Waals surface area contributed by atoms with E-state index in [2.05, 4.69) is 5.32 Å². The summed E-state index contributed by atoms with van der Waals surface area (Å²) in [5.74, 6) is -0.154. The van der Waals surface area contributed by atoms with Crippen LogP contribution in [0, 0.1) is 0 Å². The van der Waals surface area contributed by atoms with Gasteiger partial charge in [-0.1, -0.05) is 12.1 Å². The number of carbonyl (C=O) groups excluding carboxylic acids is 2. The molecule has 0 aliphatic carbocycles. The van der Waals surface area contributed by atoms with Crippen molar-refractivity contribution in [3.8, 4) is 0 Å². The summed E-state index contributed by atoms with van der Waals surface area (Å²) in [7, 11) is 0. The molecule has 0 radical (unpaired) electrons. The second-order valence-electron chi connectivity index (χ2n) is 5.52. The first-order chi connectivity index (χ1) is 10.7. The molecule has 0 saturated carbocycles. The Kier molecular flexibility index (Phi) is 4.40. The molecule has 3 rings (SSSR count). The van der Waals surface area contributed by atoms with Gasteiger partial charge in [-0.25, -0.2) is 0 Å². The van der Waals surface area contributed by atoms with E-state index in [1.807, 2.05) is 25.1 Å². The van der Waals surface area contributed by atoms with Crippen LogP contribution in [0.3, 0.4) is 0 Å². The standard InChI is InChI=1S/C16H20N2O4/c1-11-15(22-10-9-21-11)16(20)17-12-5-2-3-6-13(12)18-8-4-7-14(18)19/h2-3,5-6,11,15H,4,7-10H2,1H3,(H,17,20)/t11-,15-/m0/s1. The number of hydrogen-bond donors (Lipinski definition) is 1. The Morgan fingerprint density at radius 1 is 1.27 bits per heavy atom. The maximum atomic E-state index is 12.4. The van der Waals surface area contributed by atoms with Gasteiger partial charge in [-0.15, -0.1) is 0 Å². The molecule has 118 valence electrons. The van der Waals surface area contributed by atoms with Crippen molar-refractivity contribution in [2.45, 2.75) is 32.0 Å². The molecule has 0 bridgehead atoms. The van der Waals surface area contributed by atoms with Crippen LogP contribution in [0.2, 0.25) is 0 Å². The molecule has 2 amide bonds. The molecule has 0 aromatic heterocycles. The lowest BCUT2D eigenvalue weighted by atomic mass is 10.1. The fraction of sp³-hybridized carbons (Fsp3) is 0.500. The van der Waals surface area contributed by atoms with E-state index in [-0.39, 0.29) is 17.9 Å². The van der Waals surface area contributed by atoms with Crippen LogP contribution in [0.5, 0.6) is 0 Å². The van der Waals surface area contributed by atoms with Crippen LogP contribution in [-0.2, 0) is 19.1 Å². The fourth-order valence-electron chi connectivity index (χ4n) is 2.84. The molecule has 1 aromatic carbocycles. The van der Waals surface area contributed by atoms with E-state index in [0.717, 1.165) is 12.1 Å². The molecule has 0 spiro atoms. The van der Waals surface area contributed by atoms with Gasteiger partial charge < -0.3 is 19.7 Å². The Labute approximate surface area is 129 Å². The predicted octanol–water partition coefficient (Wildman–Crippen LogP) is 1.56. The Balaban J connectivity index is 1.77. The molecule has 6 nitrogen and oxygen atoms in total. The van der Waals surface area contributed by atoms with Gasteiger partial charge in [0.05, 0.1) is 30.7 Å². The summed E-state index contributed by atoms with van der Waals surface area (Å²) in [4.78, 5) is 26.1. The zero-order valence-electron chi connectivity index (χ0n) is 12.6. The van der Waals surface area contributed by atoms with Crippen LogP contribution < -0.4 is 10.2 Å². The van der Waals surface area contributed by atoms with Gasteiger partial charge in [0.2, 0.25) is 5.91 Å². The van der Waals surface area contributed by atoms with E-state index in [9.17, 15) is 9.59 Å². The number of rotatable bonds is 3. The first-order valence-electron chi connectivity index (χ1n) is 7.60. The van der Waals surface area contributed by atoms with Gasteiger partial charge in [-0.3, -0.25) is 9.59 Å². The maximum absolute atomic E-state index is 12.4. The molecule has 2 aliphatic rings. The quantitative estimate of drug-likeness (QED) is 0.920. The number of nitrogens with one attached hydrogen (secondary N) is 1. The van der Waals surface area contributed by atoms with E-state index >= 15 is 0 Å². The van der Waals surface area contributed by atoms with Crippen molar-refractivity contribution in [3.63, 3.8) is 0 Å². The highest BCUT2D eigenvalue weighted by molar-refractivity contribution is 6.03. The average Bonchev–Trinajstić information content (AvgIpc) is 2.94. The van der Waals surface area contributed by atoms with Crippen LogP contribution in [0.1, 0.15) is 19.8 Å². The minimum absolute atomic E-state index is 0.0901. The third-order valence-electron chi connectivity index (χ3n) is 3.97. The number of ether oxygens (including phenoxy) is 2. The Bertz CT molecular complexity index is 575. The predicted molar refractivity (Wildman–Crippen MR) is 81.8 cm³/mol. The van der Waals surface area contributed by atoms with E-state index < -0.39 is 6.10 Å². The monoisotopic (exact) mass is 304 g/mol. The highest BCUT2D eigenvalue weighted by Gasteiger charge is 2.31. The van der Waals surface area contributed by atoms with Crippen molar-refractivity contribution < 1.29 is 19.1 Å². The van der Waals surface area contributed by atoms with Gasteiger partial charge in [0, 0.05) is 13.0 Å². The van der Waals surface area contributed by atoms with Gasteiger partial charge in [0.1, 0.15) is 0 Å². The Morgan fingerprint density at radius 3 is 2.77 bits per heavy atom. The van der Waals surface area contributed by atoms with E-state index in [1.165, 1.54) is 0 Å². The van der Waals surface area contributed by atoms with Crippen LogP contribution in [0.15, 0.2) is 24.3 Å². The highest BCUT2D eigenvalue weighted by Crippen LogP contribution is 2.29. The van der Waals surface area contributed by atoms with Gasteiger partial charge in [-0.2, -0.15) is 0 Å². The lowest BCUT2D eigenvalue weighted by molar-refractivity contribution is -0.157. The first-order valence-corrected chi connectivity index (χ1v) is 7.60. The zero-order chi connectivity index (χ0) is 15.5. The fourth-order valence-corrected chi connectivity index (χ4v) is 2.84. The maximum Gasteiger partial charge on any atom is 0.256 e. The Morgan fingerprint density at radius 2 is 2.05 bits per heavy atom. The molecule has 2 aliphatic heterocycles. The second kappa shape index (κ2) is 6.46. The van der Waals surface area contributed by atoms with Crippen molar-refractivity contribution in [2.75, 3.05) is 30.0 Å².